The van der Waals surface area contributed by atoms with Crippen molar-refractivity contribution >= 4 is 29.2 Å². The van der Waals surface area contributed by atoms with Crippen molar-refractivity contribution in [1.29, 1.82) is 0 Å². The molecule has 1 N–H and O–H groups in total. The molecule has 2 aromatic rings. The highest BCUT2D eigenvalue weighted by molar-refractivity contribution is 8.02. The Morgan fingerprint density at radius 1 is 1.04 bits per heavy atom. The Morgan fingerprint density at radius 3 is 2.38 bits per heavy atom. The maximum absolute atomic E-state index is 3.44. The van der Waals surface area contributed by atoms with E-state index in [0.29, 0.717) is 0 Å². The van der Waals surface area contributed by atoms with Crippen LogP contribution in [0.15, 0.2) is 66.1 Å². The summed E-state index contributed by atoms with van der Waals surface area (Å²) in [4.78, 5) is 2.11. The van der Waals surface area contributed by atoms with Crippen molar-refractivity contribution in [3.8, 4) is 0 Å². The lowest BCUT2D eigenvalue weighted by atomic mass is 10.2. The van der Waals surface area contributed by atoms with Gasteiger partial charge in [-0.3, -0.25) is 0 Å². The van der Waals surface area contributed by atoms with Gasteiger partial charge in [-0.25, -0.2) is 0 Å². The third kappa shape index (κ3) is 5.82. The molecule has 0 saturated heterocycles. The van der Waals surface area contributed by atoms with Crippen molar-refractivity contribution in [2.75, 3.05) is 31.3 Å². The van der Waals surface area contributed by atoms with Gasteiger partial charge in [0.05, 0.1) is 0 Å². The first-order chi connectivity index (χ1) is 11.7. The second kappa shape index (κ2) is 9.89. The van der Waals surface area contributed by atoms with Gasteiger partial charge in [-0.15, -0.1) is 11.8 Å². The van der Waals surface area contributed by atoms with Gasteiger partial charge in [0.15, 0.2) is 0 Å². The Bertz CT molecular complexity index is 658. The number of nitrogens with zero attached hydrogens (tertiary/aromatic N) is 1. The quantitative estimate of drug-likeness (QED) is 0.674. The van der Waals surface area contributed by atoms with Gasteiger partial charge in [-0.2, -0.15) is 0 Å². The van der Waals surface area contributed by atoms with Crippen LogP contribution in [0.1, 0.15) is 18.1 Å². The molecule has 0 spiro atoms. The zero-order valence-corrected chi connectivity index (χ0v) is 15.5. The summed E-state index contributed by atoms with van der Waals surface area (Å²) in [6.45, 7) is 3.05. The molecule has 126 valence electrons. The minimum absolute atomic E-state index is 0.926. The Morgan fingerprint density at radius 2 is 1.75 bits per heavy atom. The van der Waals surface area contributed by atoms with E-state index in [1.807, 2.05) is 6.07 Å². The number of nitrogens with one attached hydrogen (secondary N) is 1. The zero-order chi connectivity index (χ0) is 17.2. The summed E-state index contributed by atoms with van der Waals surface area (Å²) in [5.74, 6) is 0.956. The lowest BCUT2D eigenvalue weighted by molar-refractivity contribution is 0.941. The molecule has 2 rings (SSSR count). The van der Waals surface area contributed by atoms with Crippen molar-refractivity contribution < 1.29 is 0 Å². The average Bonchev–Trinajstić information content (AvgIpc) is 2.61. The maximum Gasteiger partial charge on any atom is 0.0477 e. The molecule has 0 aliphatic rings. The van der Waals surface area contributed by atoms with Crippen molar-refractivity contribution in [3.63, 3.8) is 0 Å². The van der Waals surface area contributed by atoms with Gasteiger partial charge >= 0.3 is 0 Å². The molecule has 24 heavy (non-hydrogen) atoms. The Labute approximate surface area is 150 Å². The van der Waals surface area contributed by atoms with E-state index in [9.17, 15) is 0 Å². The molecule has 0 fully saturated rings. The third-order valence-electron chi connectivity index (χ3n) is 3.57. The first-order valence-corrected chi connectivity index (χ1v) is 9.30. The van der Waals surface area contributed by atoms with Gasteiger partial charge in [-0.05, 0) is 35.6 Å². The molecule has 0 aliphatic heterocycles. The Hall–Kier alpha value is -2.13. The van der Waals surface area contributed by atoms with Crippen LogP contribution in [0.25, 0.3) is 11.8 Å². The van der Waals surface area contributed by atoms with Crippen LogP contribution in [0.4, 0.5) is 5.69 Å². The molecule has 3 heteroatoms. The van der Waals surface area contributed by atoms with E-state index < -0.39 is 0 Å². The lowest BCUT2D eigenvalue weighted by Crippen LogP contribution is -2.10. The second-order valence-corrected chi connectivity index (χ2v) is 6.55. The second-order valence-electron chi connectivity index (χ2n) is 5.65. The predicted octanol–water partition coefficient (Wildman–Crippen LogP) is 5.11. The maximum atomic E-state index is 3.44. The number of rotatable bonds is 8. The van der Waals surface area contributed by atoms with Gasteiger partial charge < -0.3 is 10.2 Å². The zero-order valence-electron chi connectivity index (χ0n) is 14.7. The lowest BCUT2D eigenvalue weighted by Gasteiger charge is -2.11. The fourth-order valence-corrected chi connectivity index (χ4v) is 2.96. The van der Waals surface area contributed by atoms with Crippen LogP contribution in [-0.2, 0) is 0 Å². The highest BCUT2D eigenvalue weighted by Gasteiger charge is 1.98. The van der Waals surface area contributed by atoms with Gasteiger partial charge in [0.1, 0.15) is 0 Å². The summed E-state index contributed by atoms with van der Waals surface area (Å²) >= 11 is 1.80. The van der Waals surface area contributed by atoms with Gasteiger partial charge in [0.25, 0.3) is 0 Å². The number of hydrogen-bond donors (Lipinski definition) is 1. The molecular weight excluding hydrogens is 312 g/mol. The van der Waals surface area contributed by atoms with E-state index in [1.54, 1.807) is 11.8 Å². The minimum atomic E-state index is 0.926. The third-order valence-corrected chi connectivity index (χ3v) is 4.35. The summed E-state index contributed by atoms with van der Waals surface area (Å²) in [6.07, 6.45) is 4.39. The van der Waals surface area contributed by atoms with E-state index in [0.717, 1.165) is 12.3 Å². The highest BCUT2D eigenvalue weighted by atomic mass is 32.2. The van der Waals surface area contributed by atoms with Crippen LogP contribution >= 0.6 is 11.8 Å². The molecule has 0 radical (unpaired) electrons. The average molecular weight is 339 g/mol. The van der Waals surface area contributed by atoms with Crippen molar-refractivity contribution in [2.24, 2.45) is 0 Å². The number of benzene rings is 2. The standard InChI is InChI=1S/C21H26N2S/c1-4-22-21(19-10-6-5-7-11-19)17-24-16-8-9-18-12-14-20(15-13-18)23(2)3/h5-15,17,22H,4,16H2,1-3H3/b9-8+,21-17-. The minimum Gasteiger partial charge on any atom is -0.384 e. The van der Waals surface area contributed by atoms with E-state index in [4.69, 9.17) is 0 Å². The summed E-state index contributed by atoms with van der Waals surface area (Å²) < 4.78 is 0. The summed E-state index contributed by atoms with van der Waals surface area (Å²) in [6, 6.07) is 19.1. The molecule has 0 bridgehead atoms. The van der Waals surface area contributed by atoms with Crippen LogP contribution in [0.2, 0.25) is 0 Å². The van der Waals surface area contributed by atoms with E-state index in [-0.39, 0.29) is 0 Å². The van der Waals surface area contributed by atoms with Gasteiger partial charge in [-0.1, -0.05) is 54.6 Å². The van der Waals surface area contributed by atoms with Crippen LogP contribution in [0.5, 0.6) is 0 Å². The predicted molar refractivity (Wildman–Crippen MR) is 110 cm³/mol. The van der Waals surface area contributed by atoms with Crippen LogP contribution < -0.4 is 10.2 Å². The SMILES string of the molecule is CCN/C(=C\SC/C=C/c1ccc(N(C)C)cc1)c1ccccc1. The highest BCUT2D eigenvalue weighted by Crippen LogP contribution is 2.17. The van der Waals surface area contributed by atoms with Gasteiger partial charge in [0.2, 0.25) is 0 Å². The summed E-state index contributed by atoms with van der Waals surface area (Å²) in [5, 5.41) is 5.64. The van der Waals surface area contributed by atoms with Crippen molar-refractivity contribution in [3.05, 3.63) is 77.2 Å². The first-order valence-electron chi connectivity index (χ1n) is 8.25. The van der Waals surface area contributed by atoms with Crippen LogP contribution in [0, 0.1) is 0 Å². The first kappa shape index (κ1) is 18.2. The van der Waals surface area contributed by atoms with Crippen LogP contribution in [0.3, 0.4) is 0 Å². The normalized spacial score (nSPS) is 11.7. The Balaban J connectivity index is 1.89. The molecule has 0 aromatic heterocycles. The molecule has 0 amide bonds. The number of anilines is 1. The molecule has 2 aromatic carbocycles. The monoisotopic (exact) mass is 338 g/mol. The molecule has 2 nitrogen and oxygen atoms in total. The molecule has 0 saturated carbocycles. The molecule has 0 heterocycles. The fraction of sp³-hybridized carbons (Fsp3) is 0.238. The van der Waals surface area contributed by atoms with E-state index in [2.05, 4.69) is 97.3 Å². The molecular formula is C21H26N2S. The summed E-state index contributed by atoms with van der Waals surface area (Å²) in [5.41, 5.74) is 4.88. The molecule has 0 unspecified atom stereocenters. The topological polar surface area (TPSA) is 15.3 Å². The van der Waals surface area contributed by atoms with Crippen molar-refractivity contribution in [1.82, 2.24) is 5.32 Å². The largest absolute Gasteiger partial charge is 0.384 e. The van der Waals surface area contributed by atoms with E-state index in [1.165, 1.54) is 22.5 Å². The smallest absolute Gasteiger partial charge is 0.0477 e. The van der Waals surface area contributed by atoms with E-state index >= 15 is 0 Å². The summed E-state index contributed by atoms with van der Waals surface area (Å²) in [7, 11) is 4.12. The van der Waals surface area contributed by atoms with Gasteiger partial charge in [0, 0.05) is 37.8 Å². The molecule has 0 atom stereocenters. The van der Waals surface area contributed by atoms with Crippen molar-refractivity contribution in [2.45, 2.75) is 6.92 Å². The number of hydrogen-bond acceptors (Lipinski definition) is 3. The Kier molecular flexibility index (Phi) is 7.50. The molecule has 0 aliphatic carbocycles. The van der Waals surface area contributed by atoms with Crippen LogP contribution in [-0.4, -0.2) is 26.4 Å². The number of thioether (sulfide) groups is 1. The fourth-order valence-electron chi connectivity index (χ4n) is 2.27.